The molecule has 0 saturated carbocycles. The van der Waals surface area contributed by atoms with Gasteiger partial charge in [0.05, 0.1) is 21.3 Å². The first kappa shape index (κ1) is 21.1. The highest BCUT2D eigenvalue weighted by atomic mass is 32.1. The minimum absolute atomic E-state index is 0.0784. The SMILES string of the molecule is C=CCOc1ccc(-c2nn(-c3ccccc3)cc2/C=c2/sc3nc4ccccc4n3c2=O)cc1. The van der Waals surface area contributed by atoms with Crippen LogP contribution in [0.15, 0.2) is 103 Å². The van der Waals surface area contributed by atoms with Crippen LogP contribution in [0.1, 0.15) is 5.56 Å². The third kappa shape index (κ3) is 3.82. The second-order valence-electron chi connectivity index (χ2n) is 7.97. The number of hydrogen-bond acceptors (Lipinski definition) is 5. The number of thiazole rings is 1. The number of benzene rings is 3. The Morgan fingerprint density at radius 3 is 2.54 bits per heavy atom. The van der Waals surface area contributed by atoms with Crippen LogP contribution in [0.4, 0.5) is 0 Å². The molecule has 35 heavy (non-hydrogen) atoms. The average Bonchev–Trinajstić information content (AvgIpc) is 3.57. The second-order valence-corrected chi connectivity index (χ2v) is 8.98. The summed E-state index contributed by atoms with van der Waals surface area (Å²) < 4.78 is 9.75. The number of imidazole rings is 1. The minimum Gasteiger partial charge on any atom is -0.490 e. The van der Waals surface area contributed by atoms with Crippen LogP contribution in [0.5, 0.6) is 5.75 Å². The van der Waals surface area contributed by atoms with Crippen molar-refractivity contribution in [3.63, 3.8) is 0 Å². The van der Waals surface area contributed by atoms with Gasteiger partial charge in [-0.15, -0.1) is 0 Å². The van der Waals surface area contributed by atoms with E-state index >= 15 is 0 Å². The highest BCUT2D eigenvalue weighted by Gasteiger charge is 2.14. The van der Waals surface area contributed by atoms with Gasteiger partial charge < -0.3 is 4.74 Å². The van der Waals surface area contributed by atoms with Crippen LogP contribution in [0, 0.1) is 0 Å². The van der Waals surface area contributed by atoms with Crippen molar-refractivity contribution >= 4 is 33.4 Å². The number of fused-ring (bicyclic) bond motifs is 3. The van der Waals surface area contributed by atoms with Gasteiger partial charge in [-0.25, -0.2) is 14.1 Å². The van der Waals surface area contributed by atoms with E-state index in [0.717, 1.165) is 39.3 Å². The van der Waals surface area contributed by atoms with Crippen molar-refractivity contribution in [3.8, 4) is 22.7 Å². The van der Waals surface area contributed by atoms with Gasteiger partial charge in [0.25, 0.3) is 5.56 Å². The van der Waals surface area contributed by atoms with Crippen molar-refractivity contribution in [2.75, 3.05) is 6.61 Å². The first-order valence-corrected chi connectivity index (χ1v) is 11.9. The van der Waals surface area contributed by atoms with Crippen molar-refractivity contribution in [2.45, 2.75) is 0 Å². The van der Waals surface area contributed by atoms with E-state index in [1.54, 1.807) is 10.5 Å². The fraction of sp³-hybridized carbons (Fsp3) is 0.0357. The molecule has 0 spiro atoms. The van der Waals surface area contributed by atoms with Gasteiger partial charge >= 0.3 is 0 Å². The van der Waals surface area contributed by atoms with Crippen LogP contribution >= 0.6 is 11.3 Å². The van der Waals surface area contributed by atoms with E-state index in [1.165, 1.54) is 11.3 Å². The third-order valence-electron chi connectivity index (χ3n) is 5.69. The molecule has 0 radical (unpaired) electrons. The van der Waals surface area contributed by atoms with Gasteiger partial charge in [-0.05, 0) is 54.6 Å². The van der Waals surface area contributed by atoms with Crippen LogP contribution in [-0.2, 0) is 0 Å². The lowest BCUT2D eigenvalue weighted by Crippen LogP contribution is -2.22. The molecular formula is C28H20N4O2S. The Hall–Kier alpha value is -4.49. The summed E-state index contributed by atoms with van der Waals surface area (Å²) in [4.78, 5) is 18.6. The molecule has 3 aromatic carbocycles. The lowest BCUT2D eigenvalue weighted by atomic mass is 10.1. The van der Waals surface area contributed by atoms with E-state index in [2.05, 4.69) is 11.6 Å². The monoisotopic (exact) mass is 476 g/mol. The summed E-state index contributed by atoms with van der Waals surface area (Å²) in [6, 6.07) is 25.4. The number of nitrogens with zero attached hydrogens (tertiary/aromatic N) is 4. The average molecular weight is 477 g/mol. The zero-order valence-electron chi connectivity index (χ0n) is 18.7. The molecule has 0 fully saturated rings. The molecule has 170 valence electrons. The molecule has 0 atom stereocenters. The summed E-state index contributed by atoms with van der Waals surface area (Å²) in [5.74, 6) is 0.759. The van der Waals surface area contributed by atoms with Crippen molar-refractivity contribution in [3.05, 3.63) is 118 Å². The molecule has 3 heterocycles. The Balaban J connectivity index is 1.51. The summed E-state index contributed by atoms with van der Waals surface area (Å²) in [5.41, 5.74) is 5.05. The molecule has 0 amide bonds. The molecule has 0 aliphatic rings. The molecule has 6 rings (SSSR count). The first-order valence-electron chi connectivity index (χ1n) is 11.1. The fourth-order valence-corrected chi connectivity index (χ4v) is 5.03. The smallest absolute Gasteiger partial charge is 0.274 e. The zero-order valence-corrected chi connectivity index (χ0v) is 19.5. The van der Waals surface area contributed by atoms with E-state index in [-0.39, 0.29) is 5.56 Å². The summed E-state index contributed by atoms with van der Waals surface area (Å²) >= 11 is 1.38. The Morgan fingerprint density at radius 2 is 1.74 bits per heavy atom. The lowest BCUT2D eigenvalue weighted by molar-refractivity contribution is 0.363. The number of hydrogen-bond donors (Lipinski definition) is 0. The Labute approximate surface area is 204 Å². The van der Waals surface area contributed by atoms with Crippen LogP contribution < -0.4 is 14.8 Å². The zero-order chi connectivity index (χ0) is 23.8. The predicted molar refractivity (Wildman–Crippen MR) is 140 cm³/mol. The second kappa shape index (κ2) is 8.70. The van der Waals surface area contributed by atoms with Gasteiger partial charge in [-0.3, -0.25) is 4.79 Å². The predicted octanol–water partition coefficient (Wildman–Crippen LogP) is 4.87. The summed E-state index contributed by atoms with van der Waals surface area (Å²) in [7, 11) is 0. The van der Waals surface area contributed by atoms with Crippen LogP contribution in [0.3, 0.4) is 0 Å². The quantitative estimate of drug-likeness (QED) is 0.322. The summed E-state index contributed by atoms with van der Waals surface area (Å²) in [5, 5.41) is 4.87. The standard InChI is InChI=1S/C28H20N4O2S/c1-2-16-34-22-14-12-19(13-15-22)26-20(18-31(30-26)21-8-4-3-5-9-21)17-25-27(33)32-24-11-7-6-10-23(24)29-28(32)35-25/h2-15,17-18H,1,16H2/b25-17+. The van der Waals surface area contributed by atoms with E-state index in [0.29, 0.717) is 16.1 Å². The Morgan fingerprint density at radius 1 is 0.971 bits per heavy atom. The van der Waals surface area contributed by atoms with Gasteiger partial charge in [0.15, 0.2) is 4.96 Å². The van der Waals surface area contributed by atoms with E-state index in [9.17, 15) is 4.79 Å². The molecule has 0 saturated heterocycles. The van der Waals surface area contributed by atoms with E-state index in [1.807, 2.05) is 95.8 Å². The summed E-state index contributed by atoms with van der Waals surface area (Å²) in [6.07, 6.45) is 5.57. The highest BCUT2D eigenvalue weighted by molar-refractivity contribution is 7.15. The van der Waals surface area contributed by atoms with Gasteiger partial charge in [-0.2, -0.15) is 5.10 Å². The van der Waals surface area contributed by atoms with Crippen molar-refractivity contribution in [1.29, 1.82) is 0 Å². The van der Waals surface area contributed by atoms with E-state index in [4.69, 9.17) is 9.84 Å². The number of rotatable bonds is 6. The van der Waals surface area contributed by atoms with Crippen molar-refractivity contribution in [1.82, 2.24) is 19.2 Å². The van der Waals surface area contributed by atoms with Gasteiger partial charge in [0.2, 0.25) is 0 Å². The maximum atomic E-state index is 13.3. The first-order chi connectivity index (χ1) is 17.2. The van der Waals surface area contributed by atoms with Gasteiger partial charge in [0, 0.05) is 17.3 Å². The molecule has 0 bridgehead atoms. The van der Waals surface area contributed by atoms with E-state index < -0.39 is 0 Å². The topological polar surface area (TPSA) is 61.4 Å². The van der Waals surface area contributed by atoms with Crippen LogP contribution in [0.25, 0.3) is 39.0 Å². The maximum absolute atomic E-state index is 13.3. The van der Waals surface area contributed by atoms with Crippen LogP contribution in [-0.4, -0.2) is 25.8 Å². The molecule has 0 N–H and O–H groups in total. The molecule has 0 aliphatic heterocycles. The molecule has 3 aromatic heterocycles. The fourth-order valence-electron chi connectivity index (χ4n) is 4.05. The molecule has 0 unspecified atom stereocenters. The van der Waals surface area contributed by atoms with Crippen LogP contribution in [0.2, 0.25) is 0 Å². The minimum atomic E-state index is -0.0784. The molecule has 6 nitrogen and oxygen atoms in total. The maximum Gasteiger partial charge on any atom is 0.274 e. The van der Waals surface area contributed by atoms with Crippen molar-refractivity contribution in [2.24, 2.45) is 0 Å². The Bertz CT molecular complexity index is 1780. The third-order valence-corrected chi connectivity index (χ3v) is 6.66. The van der Waals surface area contributed by atoms with Crippen molar-refractivity contribution < 1.29 is 4.74 Å². The largest absolute Gasteiger partial charge is 0.490 e. The number of ether oxygens (including phenoxy) is 1. The normalized spacial score (nSPS) is 11.9. The summed E-state index contributed by atoms with van der Waals surface area (Å²) in [6.45, 7) is 4.13. The lowest BCUT2D eigenvalue weighted by Gasteiger charge is -2.04. The molecule has 7 heteroatoms. The number of para-hydroxylation sites is 3. The Kier molecular flexibility index (Phi) is 5.24. The van der Waals surface area contributed by atoms with Gasteiger partial charge in [0.1, 0.15) is 18.1 Å². The molecule has 6 aromatic rings. The molecular weight excluding hydrogens is 456 g/mol. The van der Waals surface area contributed by atoms with Gasteiger partial charge in [-0.1, -0.05) is 54.3 Å². The molecule has 0 aliphatic carbocycles. The highest BCUT2D eigenvalue weighted by Crippen LogP contribution is 2.27. The number of aromatic nitrogens is 4.